The summed E-state index contributed by atoms with van der Waals surface area (Å²) in [6.45, 7) is 1.66. The Morgan fingerprint density at radius 3 is 2.93 bits per heavy atom. The van der Waals surface area contributed by atoms with E-state index in [0.29, 0.717) is 23.7 Å². The molecule has 1 aliphatic heterocycles. The second-order valence-corrected chi connectivity index (χ2v) is 6.96. The minimum Gasteiger partial charge on any atom is -0.364 e. The van der Waals surface area contributed by atoms with E-state index in [1.54, 1.807) is 16.7 Å². The molecule has 1 aliphatic rings. The molecule has 0 aromatic carbocycles. The van der Waals surface area contributed by atoms with Gasteiger partial charge in [0.25, 0.3) is 0 Å². The second-order valence-electron chi connectivity index (χ2n) is 6.96. The van der Waals surface area contributed by atoms with Gasteiger partial charge in [-0.15, -0.1) is 10.2 Å². The maximum absolute atomic E-state index is 14.6. The highest BCUT2D eigenvalue weighted by Crippen LogP contribution is 2.27. The number of aromatic nitrogens is 6. The number of aromatic amines is 1. The molecule has 0 spiro atoms. The molecular weight excluding hydrogens is 378 g/mol. The zero-order chi connectivity index (χ0) is 19.8. The molecule has 0 bridgehead atoms. The van der Waals surface area contributed by atoms with E-state index in [0.717, 1.165) is 31.0 Å². The average molecular weight is 396 g/mol. The van der Waals surface area contributed by atoms with Crippen molar-refractivity contribution < 1.29 is 8.78 Å². The van der Waals surface area contributed by atoms with Crippen molar-refractivity contribution in [3.05, 3.63) is 48.6 Å². The van der Waals surface area contributed by atoms with Crippen molar-refractivity contribution in [1.82, 2.24) is 34.9 Å². The van der Waals surface area contributed by atoms with Crippen molar-refractivity contribution in [2.45, 2.75) is 18.9 Å². The molecule has 5 heterocycles. The van der Waals surface area contributed by atoms with E-state index in [2.05, 4.69) is 35.8 Å². The van der Waals surface area contributed by atoms with Crippen molar-refractivity contribution in [3.8, 4) is 22.8 Å². The number of rotatable bonds is 4. The molecule has 4 aromatic heterocycles. The number of hydrogen-bond donors (Lipinski definition) is 3. The fourth-order valence-electron chi connectivity index (χ4n) is 3.57. The largest absolute Gasteiger partial charge is 0.364 e. The first-order chi connectivity index (χ1) is 14.2. The number of hydrogen-bond acceptors (Lipinski definition) is 6. The minimum absolute atomic E-state index is 0.0394. The van der Waals surface area contributed by atoms with Crippen LogP contribution in [-0.4, -0.2) is 48.7 Å². The van der Waals surface area contributed by atoms with Gasteiger partial charge in [-0.25, -0.2) is 18.7 Å². The molecule has 0 radical (unpaired) electrons. The third-order valence-electron chi connectivity index (χ3n) is 5.01. The van der Waals surface area contributed by atoms with Gasteiger partial charge in [0, 0.05) is 30.4 Å². The minimum atomic E-state index is -0.740. The highest BCUT2D eigenvalue weighted by molar-refractivity contribution is 5.67. The summed E-state index contributed by atoms with van der Waals surface area (Å²) < 4.78 is 30.6. The van der Waals surface area contributed by atoms with Gasteiger partial charge >= 0.3 is 0 Å². The first kappa shape index (κ1) is 17.7. The third-order valence-corrected chi connectivity index (χ3v) is 5.01. The SMILES string of the molecule is Fc1cc(F)c(-c2cnc3cc(-c4nnc[nH]4)ccn23)nc1NC1CCCNC1. The van der Waals surface area contributed by atoms with E-state index in [1.807, 2.05) is 6.07 Å². The molecule has 0 amide bonds. The summed E-state index contributed by atoms with van der Waals surface area (Å²) in [5.74, 6) is -0.798. The van der Waals surface area contributed by atoms with Gasteiger partial charge in [0.15, 0.2) is 23.3 Å². The molecular formula is C19H18F2N8. The predicted molar refractivity (Wildman–Crippen MR) is 103 cm³/mol. The van der Waals surface area contributed by atoms with Crippen LogP contribution in [0.5, 0.6) is 0 Å². The van der Waals surface area contributed by atoms with E-state index >= 15 is 0 Å². The highest BCUT2D eigenvalue weighted by Gasteiger charge is 2.20. The summed E-state index contributed by atoms with van der Waals surface area (Å²) in [6, 6.07) is 4.53. The van der Waals surface area contributed by atoms with Crippen LogP contribution in [0.4, 0.5) is 14.6 Å². The van der Waals surface area contributed by atoms with E-state index in [1.165, 1.54) is 12.5 Å². The maximum Gasteiger partial charge on any atom is 0.168 e. The summed E-state index contributed by atoms with van der Waals surface area (Å²) in [5.41, 5.74) is 1.86. The summed E-state index contributed by atoms with van der Waals surface area (Å²) in [4.78, 5) is 11.5. The van der Waals surface area contributed by atoms with Crippen LogP contribution >= 0.6 is 0 Å². The molecule has 1 unspecified atom stereocenters. The number of anilines is 1. The first-order valence-corrected chi connectivity index (χ1v) is 9.36. The standard InChI is InChI=1S/C19H18F2N8/c20-13-7-14(21)19(26-12-2-1-4-22-8-12)27-17(13)15-9-23-16-6-11(3-5-29(15)16)18-24-10-25-28-18/h3,5-7,9-10,12,22H,1-2,4,8H2,(H,26,27)(H,24,25,28). The number of piperidine rings is 1. The van der Waals surface area contributed by atoms with E-state index in [-0.39, 0.29) is 17.6 Å². The van der Waals surface area contributed by atoms with Gasteiger partial charge in [0.2, 0.25) is 0 Å². The van der Waals surface area contributed by atoms with Crippen LogP contribution in [0.15, 0.2) is 36.9 Å². The van der Waals surface area contributed by atoms with Gasteiger partial charge < -0.3 is 15.6 Å². The van der Waals surface area contributed by atoms with Crippen molar-refractivity contribution in [1.29, 1.82) is 0 Å². The molecule has 1 atom stereocenters. The predicted octanol–water partition coefficient (Wildman–Crippen LogP) is 2.62. The number of pyridine rings is 2. The lowest BCUT2D eigenvalue weighted by Gasteiger charge is -2.24. The van der Waals surface area contributed by atoms with Crippen LogP contribution in [0.25, 0.3) is 28.4 Å². The van der Waals surface area contributed by atoms with Gasteiger partial charge in [0.1, 0.15) is 17.7 Å². The quantitative estimate of drug-likeness (QED) is 0.491. The van der Waals surface area contributed by atoms with Gasteiger partial charge in [-0.05, 0) is 31.5 Å². The lowest BCUT2D eigenvalue weighted by atomic mass is 10.1. The molecule has 0 aliphatic carbocycles. The van der Waals surface area contributed by atoms with Crippen molar-refractivity contribution >= 4 is 11.5 Å². The van der Waals surface area contributed by atoms with Gasteiger partial charge in [-0.1, -0.05) is 0 Å². The molecule has 1 saturated heterocycles. The smallest absolute Gasteiger partial charge is 0.168 e. The Bertz CT molecular complexity index is 1150. The fraction of sp³-hybridized carbons (Fsp3) is 0.263. The monoisotopic (exact) mass is 396 g/mol. The lowest BCUT2D eigenvalue weighted by molar-refractivity contribution is 0.475. The second kappa shape index (κ2) is 7.21. The zero-order valence-electron chi connectivity index (χ0n) is 15.4. The lowest BCUT2D eigenvalue weighted by Crippen LogP contribution is -2.38. The molecule has 3 N–H and O–H groups in total. The van der Waals surface area contributed by atoms with Crippen LogP contribution in [-0.2, 0) is 0 Å². The van der Waals surface area contributed by atoms with E-state index in [9.17, 15) is 8.78 Å². The van der Waals surface area contributed by atoms with Gasteiger partial charge in [0.05, 0.1) is 11.9 Å². The Morgan fingerprint density at radius 2 is 2.14 bits per heavy atom. The van der Waals surface area contributed by atoms with Crippen LogP contribution in [0.1, 0.15) is 12.8 Å². The molecule has 29 heavy (non-hydrogen) atoms. The number of nitrogens with zero attached hydrogens (tertiary/aromatic N) is 5. The number of H-pyrrole nitrogens is 1. The molecule has 0 saturated carbocycles. The fourth-order valence-corrected chi connectivity index (χ4v) is 3.57. The van der Waals surface area contributed by atoms with Gasteiger partial charge in [-0.2, -0.15) is 0 Å². The number of halogens is 2. The number of imidazole rings is 1. The molecule has 10 heteroatoms. The van der Waals surface area contributed by atoms with Crippen molar-refractivity contribution in [2.24, 2.45) is 0 Å². The average Bonchev–Trinajstić information content (AvgIpc) is 3.40. The normalized spacial score (nSPS) is 17.0. The van der Waals surface area contributed by atoms with Crippen LogP contribution < -0.4 is 10.6 Å². The molecule has 8 nitrogen and oxygen atoms in total. The molecule has 4 aromatic rings. The third kappa shape index (κ3) is 3.31. The Hall–Kier alpha value is -3.40. The maximum atomic E-state index is 14.6. The highest BCUT2D eigenvalue weighted by atomic mass is 19.1. The summed E-state index contributed by atoms with van der Waals surface area (Å²) in [5, 5.41) is 14.1. The van der Waals surface area contributed by atoms with Crippen LogP contribution in [0.3, 0.4) is 0 Å². The molecule has 5 rings (SSSR count). The Balaban J connectivity index is 1.52. The number of nitrogens with one attached hydrogen (secondary N) is 3. The first-order valence-electron chi connectivity index (χ1n) is 9.36. The Kier molecular flexibility index (Phi) is 4.39. The Labute approximate surface area is 164 Å². The van der Waals surface area contributed by atoms with E-state index in [4.69, 9.17) is 0 Å². The summed E-state index contributed by atoms with van der Waals surface area (Å²) in [7, 11) is 0. The number of fused-ring (bicyclic) bond motifs is 1. The van der Waals surface area contributed by atoms with Crippen molar-refractivity contribution in [3.63, 3.8) is 0 Å². The summed E-state index contributed by atoms with van der Waals surface area (Å²) >= 11 is 0. The van der Waals surface area contributed by atoms with Gasteiger partial charge in [-0.3, -0.25) is 4.40 Å². The van der Waals surface area contributed by atoms with Crippen LogP contribution in [0.2, 0.25) is 0 Å². The summed E-state index contributed by atoms with van der Waals surface area (Å²) in [6.07, 6.45) is 6.66. The zero-order valence-corrected chi connectivity index (χ0v) is 15.4. The van der Waals surface area contributed by atoms with E-state index < -0.39 is 11.6 Å². The van der Waals surface area contributed by atoms with Crippen molar-refractivity contribution in [2.75, 3.05) is 18.4 Å². The topological polar surface area (TPSA) is 95.8 Å². The van der Waals surface area contributed by atoms with Crippen LogP contribution in [0, 0.1) is 11.6 Å². The Morgan fingerprint density at radius 1 is 1.21 bits per heavy atom. The molecule has 1 fully saturated rings. The molecule has 148 valence electrons.